The lowest BCUT2D eigenvalue weighted by atomic mass is 9.88. The summed E-state index contributed by atoms with van der Waals surface area (Å²) in [5.41, 5.74) is -0.398. The molecule has 0 radical (unpaired) electrons. The summed E-state index contributed by atoms with van der Waals surface area (Å²) in [5, 5.41) is 3.32. The van der Waals surface area contributed by atoms with Crippen LogP contribution in [-0.4, -0.2) is 37.0 Å². The van der Waals surface area contributed by atoms with E-state index in [1.54, 1.807) is 4.90 Å². The first-order valence-electron chi connectivity index (χ1n) is 7.12. The molecule has 1 N–H and O–H groups in total. The van der Waals surface area contributed by atoms with Gasteiger partial charge in [-0.3, -0.25) is 4.79 Å². The number of hydrogen-bond acceptors (Lipinski definition) is 2. The van der Waals surface area contributed by atoms with Gasteiger partial charge in [-0.15, -0.1) is 12.4 Å². The molecular weight excluding hydrogens is 317 g/mol. The Labute approximate surface area is 133 Å². The molecule has 1 aromatic rings. The third-order valence-electron chi connectivity index (χ3n) is 4.45. The van der Waals surface area contributed by atoms with E-state index in [2.05, 4.69) is 5.32 Å². The zero-order valence-electron chi connectivity index (χ0n) is 11.9. The second-order valence-electron chi connectivity index (χ2n) is 5.79. The van der Waals surface area contributed by atoms with Gasteiger partial charge in [0.25, 0.3) is 5.91 Å². The highest BCUT2D eigenvalue weighted by atomic mass is 35.5. The third kappa shape index (κ3) is 3.38. The number of amides is 1. The fourth-order valence-electron chi connectivity index (χ4n) is 3.20. The maximum atomic E-state index is 12.5. The molecule has 2 aliphatic rings. The molecule has 1 amide bonds. The molecule has 2 heterocycles. The average molecular weight is 335 g/mol. The van der Waals surface area contributed by atoms with Crippen molar-refractivity contribution >= 4 is 18.3 Å². The van der Waals surface area contributed by atoms with Crippen LogP contribution in [0.4, 0.5) is 13.2 Å². The van der Waals surface area contributed by atoms with Crippen molar-refractivity contribution in [2.24, 2.45) is 11.8 Å². The van der Waals surface area contributed by atoms with Gasteiger partial charge in [-0.2, -0.15) is 13.2 Å². The summed E-state index contributed by atoms with van der Waals surface area (Å²) in [6, 6.07) is 4.47. The van der Waals surface area contributed by atoms with Gasteiger partial charge in [0, 0.05) is 18.7 Å². The number of rotatable bonds is 1. The molecule has 22 heavy (non-hydrogen) atoms. The van der Waals surface area contributed by atoms with Crippen LogP contribution in [0.2, 0.25) is 0 Å². The summed E-state index contributed by atoms with van der Waals surface area (Å²) >= 11 is 0. The second kappa shape index (κ2) is 6.46. The Bertz CT molecular complexity index is 533. The van der Waals surface area contributed by atoms with E-state index >= 15 is 0 Å². The number of carbonyl (C=O) groups is 1. The number of fused-ring (bicyclic) bond motifs is 1. The van der Waals surface area contributed by atoms with Crippen molar-refractivity contribution in [3.05, 3.63) is 35.4 Å². The number of carbonyl (C=O) groups excluding carboxylic acids is 1. The number of alkyl halides is 3. The summed E-state index contributed by atoms with van der Waals surface area (Å²) < 4.78 is 37.6. The molecule has 0 bridgehead atoms. The number of benzene rings is 1. The van der Waals surface area contributed by atoms with Gasteiger partial charge in [0.1, 0.15) is 0 Å². The number of halogens is 4. The number of nitrogens with zero attached hydrogens (tertiary/aromatic N) is 1. The fraction of sp³-hybridized carbons (Fsp3) is 0.533. The predicted molar refractivity (Wildman–Crippen MR) is 79.1 cm³/mol. The highest BCUT2D eigenvalue weighted by molar-refractivity contribution is 5.94. The highest BCUT2D eigenvalue weighted by Gasteiger charge is 2.35. The van der Waals surface area contributed by atoms with Crippen LogP contribution < -0.4 is 5.32 Å². The van der Waals surface area contributed by atoms with Crippen LogP contribution in [0.25, 0.3) is 0 Å². The van der Waals surface area contributed by atoms with Gasteiger partial charge in [-0.1, -0.05) is 0 Å². The van der Waals surface area contributed by atoms with E-state index in [0.717, 1.165) is 31.6 Å². The van der Waals surface area contributed by atoms with Gasteiger partial charge in [0.05, 0.1) is 5.56 Å². The molecule has 0 aromatic heterocycles. The van der Waals surface area contributed by atoms with Crippen molar-refractivity contribution < 1.29 is 18.0 Å². The molecule has 0 aliphatic carbocycles. The van der Waals surface area contributed by atoms with Crippen LogP contribution in [0.15, 0.2) is 24.3 Å². The Morgan fingerprint density at radius 2 is 1.77 bits per heavy atom. The van der Waals surface area contributed by atoms with E-state index in [9.17, 15) is 18.0 Å². The molecular formula is C15H18ClF3N2O. The molecule has 0 spiro atoms. The van der Waals surface area contributed by atoms with Crippen molar-refractivity contribution in [2.75, 3.05) is 26.2 Å². The highest BCUT2D eigenvalue weighted by Crippen LogP contribution is 2.30. The lowest BCUT2D eigenvalue weighted by Gasteiger charge is -2.34. The van der Waals surface area contributed by atoms with Crippen LogP contribution >= 0.6 is 12.4 Å². The van der Waals surface area contributed by atoms with Gasteiger partial charge in [0.2, 0.25) is 0 Å². The normalized spacial score (nSPS) is 24.6. The molecule has 2 aliphatic heterocycles. The molecule has 122 valence electrons. The van der Waals surface area contributed by atoms with Gasteiger partial charge in [-0.05, 0) is 55.6 Å². The fourth-order valence-corrected chi connectivity index (χ4v) is 3.20. The average Bonchev–Trinajstić information content (AvgIpc) is 2.93. The SMILES string of the molecule is Cl.O=C(c1ccc(C(F)(F)F)cc1)N1CCC2CNCC2C1. The van der Waals surface area contributed by atoms with E-state index < -0.39 is 11.7 Å². The van der Waals surface area contributed by atoms with Crippen molar-refractivity contribution in [2.45, 2.75) is 12.6 Å². The molecule has 2 fully saturated rings. The molecule has 0 saturated carbocycles. The smallest absolute Gasteiger partial charge is 0.338 e. The standard InChI is InChI=1S/C15H17F3N2O.ClH/c16-15(17,18)13-3-1-10(2-4-13)14(21)20-6-5-11-7-19-8-12(11)9-20;/h1-4,11-12,19H,5-9H2;1H. The third-order valence-corrected chi connectivity index (χ3v) is 4.45. The first-order valence-corrected chi connectivity index (χ1v) is 7.12. The molecule has 3 nitrogen and oxygen atoms in total. The molecule has 2 atom stereocenters. The first-order chi connectivity index (χ1) is 9.95. The van der Waals surface area contributed by atoms with E-state index in [1.165, 1.54) is 12.1 Å². The number of hydrogen-bond donors (Lipinski definition) is 1. The maximum Gasteiger partial charge on any atom is 0.416 e. The van der Waals surface area contributed by atoms with Gasteiger partial charge < -0.3 is 10.2 Å². The van der Waals surface area contributed by atoms with E-state index in [0.29, 0.717) is 30.5 Å². The van der Waals surface area contributed by atoms with Crippen molar-refractivity contribution in [1.29, 1.82) is 0 Å². The first kappa shape index (κ1) is 17.1. The van der Waals surface area contributed by atoms with Crippen LogP contribution in [0.3, 0.4) is 0 Å². The Kier molecular flexibility index (Phi) is 5.02. The van der Waals surface area contributed by atoms with Gasteiger partial charge in [-0.25, -0.2) is 0 Å². The van der Waals surface area contributed by atoms with E-state index in [-0.39, 0.29) is 18.3 Å². The topological polar surface area (TPSA) is 32.3 Å². The van der Waals surface area contributed by atoms with Crippen molar-refractivity contribution in [1.82, 2.24) is 10.2 Å². The van der Waals surface area contributed by atoms with E-state index in [1.807, 2.05) is 0 Å². The zero-order chi connectivity index (χ0) is 15.0. The van der Waals surface area contributed by atoms with Gasteiger partial charge >= 0.3 is 6.18 Å². The largest absolute Gasteiger partial charge is 0.416 e. The summed E-state index contributed by atoms with van der Waals surface area (Å²) in [6.45, 7) is 3.30. The Balaban J connectivity index is 0.00000176. The Morgan fingerprint density at radius 3 is 2.41 bits per heavy atom. The molecule has 7 heteroatoms. The second-order valence-corrected chi connectivity index (χ2v) is 5.79. The van der Waals surface area contributed by atoms with Crippen LogP contribution in [-0.2, 0) is 6.18 Å². The Morgan fingerprint density at radius 1 is 1.14 bits per heavy atom. The predicted octanol–water partition coefficient (Wildman–Crippen LogP) is 2.81. The number of likely N-dealkylation sites (tertiary alicyclic amines) is 1. The maximum absolute atomic E-state index is 12.5. The van der Waals surface area contributed by atoms with Crippen LogP contribution in [0.1, 0.15) is 22.3 Å². The van der Waals surface area contributed by atoms with Crippen LogP contribution in [0, 0.1) is 11.8 Å². The minimum absolute atomic E-state index is 0. The summed E-state index contributed by atoms with van der Waals surface area (Å²) in [7, 11) is 0. The van der Waals surface area contributed by atoms with Crippen molar-refractivity contribution in [3.8, 4) is 0 Å². The molecule has 2 unspecified atom stereocenters. The minimum Gasteiger partial charge on any atom is -0.338 e. The number of piperidine rings is 1. The lowest BCUT2D eigenvalue weighted by molar-refractivity contribution is -0.137. The molecule has 2 saturated heterocycles. The molecule has 1 aromatic carbocycles. The summed E-state index contributed by atoms with van der Waals surface area (Å²) in [5.74, 6) is 0.924. The lowest BCUT2D eigenvalue weighted by Crippen LogP contribution is -2.43. The van der Waals surface area contributed by atoms with E-state index in [4.69, 9.17) is 0 Å². The number of nitrogens with one attached hydrogen (secondary N) is 1. The Hall–Kier alpha value is -1.27. The summed E-state index contributed by atoms with van der Waals surface area (Å²) in [6.07, 6.45) is -3.40. The monoisotopic (exact) mass is 334 g/mol. The van der Waals surface area contributed by atoms with Crippen LogP contribution in [0.5, 0.6) is 0 Å². The van der Waals surface area contributed by atoms with Gasteiger partial charge in [0.15, 0.2) is 0 Å². The molecule has 3 rings (SSSR count). The minimum atomic E-state index is -4.37. The summed E-state index contributed by atoms with van der Waals surface area (Å²) in [4.78, 5) is 14.1. The quantitative estimate of drug-likeness (QED) is 0.856. The van der Waals surface area contributed by atoms with Crippen molar-refractivity contribution in [3.63, 3.8) is 0 Å². The zero-order valence-corrected chi connectivity index (χ0v) is 12.7.